The van der Waals surface area contributed by atoms with Crippen molar-refractivity contribution in [2.24, 2.45) is 0 Å². The molecule has 136 valence electrons. The predicted octanol–water partition coefficient (Wildman–Crippen LogP) is 5.23. The summed E-state index contributed by atoms with van der Waals surface area (Å²) < 4.78 is 13.7. The average Bonchev–Trinajstić information content (AvgIpc) is 3.18. The molecule has 0 N–H and O–H groups in total. The topological polar surface area (TPSA) is 40.5 Å². The summed E-state index contributed by atoms with van der Waals surface area (Å²) in [5.74, 6) is 1.42. The number of hydrogen-bond donors (Lipinski definition) is 0. The van der Waals surface area contributed by atoms with E-state index in [0.717, 1.165) is 28.6 Å². The van der Waals surface area contributed by atoms with Crippen molar-refractivity contribution in [3.63, 3.8) is 0 Å². The first kappa shape index (κ1) is 17.2. The number of ketones is 1. The van der Waals surface area contributed by atoms with E-state index >= 15 is 0 Å². The zero-order valence-electron chi connectivity index (χ0n) is 15.5. The highest BCUT2D eigenvalue weighted by molar-refractivity contribution is 6.15. The summed E-state index contributed by atoms with van der Waals surface area (Å²) in [6, 6.07) is 13.5. The lowest BCUT2D eigenvalue weighted by Crippen LogP contribution is -1.98. The van der Waals surface area contributed by atoms with Crippen molar-refractivity contribution in [3.8, 4) is 11.5 Å². The lowest BCUT2D eigenvalue weighted by atomic mass is 10.1. The SMILES string of the molecule is C=C(C)COc1ccc2c(c1)OC(=Cc1cn(CC)c3ccccc13)C2=O. The van der Waals surface area contributed by atoms with Crippen LogP contribution in [-0.2, 0) is 6.54 Å². The molecule has 0 saturated carbocycles. The highest BCUT2D eigenvalue weighted by Gasteiger charge is 2.28. The molecule has 0 radical (unpaired) electrons. The number of nitrogens with zero attached hydrogens (tertiary/aromatic N) is 1. The van der Waals surface area contributed by atoms with E-state index in [9.17, 15) is 4.79 Å². The van der Waals surface area contributed by atoms with Crippen molar-refractivity contribution in [2.45, 2.75) is 20.4 Å². The maximum absolute atomic E-state index is 12.7. The minimum Gasteiger partial charge on any atom is -0.489 e. The van der Waals surface area contributed by atoms with Crippen LogP contribution in [0.25, 0.3) is 17.0 Å². The normalized spacial score (nSPS) is 14.4. The molecule has 0 saturated heterocycles. The first-order chi connectivity index (χ1) is 13.1. The largest absolute Gasteiger partial charge is 0.489 e. The van der Waals surface area contributed by atoms with Gasteiger partial charge in [-0.3, -0.25) is 4.79 Å². The molecule has 27 heavy (non-hydrogen) atoms. The van der Waals surface area contributed by atoms with Crippen molar-refractivity contribution in [1.29, 1.82) is 0 Å². The fourth-order valence-corrected chi connectivity index (χ4v) is 3.26. The number of rotatable bonds is 5. The fourth-order valence-electron chi connectivity index (χ4n) is 3.26. The number of aromatic nitrogens is 1. The van der Waals surface area contributed by atoms with Gasteiger partial charge in [-0.1, -0.05) is 24.8 Å². The van der Waals surface area contributed by atoms with Gasteiger partial charge in [0.25, 0.3) is 0 Å². The van der Waals surface area contributed by atoms with E-state index in [0.29, 0.717) is 29.4 Å². The minimum atomic E-state index is -0.107. The second kappa shape index (κ2) is 6.80. The van der Waals surface area contributed by atoms with Crippen LogP contribution in [0.15, 0.2) is 66.6 Å². The Morgan fingerprint density at radius 1 is 1.26 bits per heavy atom. The summed E-state index contributed by atoms with van der Waals surface area (Å²) in [4.78, 5) is 12.7. The van der Waals surface area contributed by atoms with Crippen molar-refractivity contribution < 1.29 is 14.3 Å². The van der Waals surface area contributed by atoms with E-state index in [1.165, 1.54) is 0 Å². The Balaban J connectivity index is 1.67. The Labute approximate surface area is 158 Å². The smallest absolute Gasteiger partial charge is 0.231 e. The number of hydrogen-bond acceptors (Lipinski definition) is 3. The van der Waals surface area contributed by atoms with Crippen molar-refractivity contribution in [2.75, 3.05) is 6.61 Å². The van der Waals surface area contributed by atoms with Gasteiger partial charge < -0.3 is 14.0 Å². The maximum atomic E-state index is 12.7. The van der Waals surface area contributed by atoms with Crippen LogP contribution in [0.4, 0.5) is 0 Å². The molecule has 0 fully saturated rings. The molecule has 2 aromatic carbocycles. The van der Waals surface area contributed by atoms with Crippen molar-refractivity contribution in [3.05, 3.63) is 77.7 Å². The van der Waals surface area contributed by atoms with Gasteiger partial charge >= 0.3 is 0 Å². The Kier molecular flexibility index (Phi) is 4.32. The number of aryl methyl sites for hydroxylation is 1. The van der Waals surface area contributed by atoms with Gasteiger partial charge in [0.15, 0.2) is 5.76 Å². The van der Waals surface area contributed by atoms with Crippen LogP contribution >= 0.6 is 0 Å². The second-order valence-corrected chi connectivity index (χ2v) is 6.73. The molecule has 0 aliphatic carbocycles. The third-order valence-corrected chi connectivity index (χ3v) is 4.57. The lowest BCUT2D eigenvalue weighted by molar-refractivity contribution is 0.101. The van der Waals surface area contributed by atoms with Crippen LogP contribution < -0.4 is 9.47 Å². The number of allylic oxidation sites excluding steroid dienone is 1. The number of carbonyl (C=O) groups is 1. The molecule has 4 nitrogen and oxygen atoms in total. The highest BCUT2D eigenvalue weighted by Crippen LogP contribution is 2.35. The van der Waals surface area contributed by atoms with Gasteiger partial charge in [-0.15, -0.1) is 0 Å². The summed E-state index contributed by atoms with van der Waals surface area (Å²) in [5, 5.41) is 1.10. The number of fused-ring (bicyclic) bond motifs is 2. The van der Waals surface area contributed by atoms with Gasteiger partial charge in [-0.05, 0) is 43.7 Å². The van der Waals surface area contributed by atoms with Crippen LogP contribution in [0, 0.1) is 0 Å². The zero-order valence-corrected chi connectivity index (χ0v) is 15.5. The third-order valence-electron chi connectivity index (χ3n) is 4.57. The van der Waals surface area contributed by atoms with Crippen LogP contribution in [0.1, 0.15) is 29.8 Å². The van der Waals surface area contributed by atoms with E-state index in [2.05, 4.69) is 36.4 Å². The van der Waals surface area contributed by atoms with Crippen LogP contribution in [0.2, 0.25) is 0 Å². The molecule has 3 aromatic rings. The van der Waals surface area contributed by atoms with Crippen LogP contribution in [-0.4, -0.2) is 17.0 Å². The lowest BCUT2D eigenvalue weighted by Gasteiger charge is -2.06. The van der Waals surface area contributed by atoms with Gasteiger partial charge in [0.2, 0.25) is 5.78 Å². The quantitative estimate of drug-likeness (QED) is 0.462. The first-order valence-electron chi connectivity index (χ1n) is 9.00. The molecule has 1 aromatic heterocycles. The minimum absolute atomic E-state index is 0.107. The van der Waals surface area contributed by atoms with Gasteiger partial charge in [-0.2, -0.15) is 0 Å². The number of Topliss-reactive ketones (excluding diaryl/α,β-unsaturated/α-hetero) is 1. The summed E-state index contributed by atoms with van der Waals surface area (Å²) in [6.45, 7) is 9.13. The monoisotopic (exact) mass is 359 g/mol. The highest BCUT2D eigenvalue weighted by atomic mass is 16.5. The molecular weight excluding hydrogens is 338 g/mol. The molecule has 0 amide bonds. The van der Waals surface area contributed by atoms with E-state index < -0.39 is 0 Å². The standard InChI is InChI=1S/C23H21NO3/c1-4-24-13-16(18-7-5-6-8-20(18)24)11-22-23(25)19-10-9-17(12-21(19)27-22)26-14-15(2)3/h5-13H,2,4,14H2,1,3H3. The van der Waals surface area contributed by atoms with E-state index in [4.69, 9.17) is 9.47 Å². The van der Waals surface area contributed by atoms with Crippen molar-refractivity contribution >= 4 is 22.8 Å². The molecule has 0 atom stereocenters. The molecule has 4 rings (SSSR count). The predicted molar refractivity (Wildman–Crippen MR) is 107 cm³/mol. The number of ether oxygens (including phenoxy) is 2. The van der Waals surface area contributed by atoms with Gasteiger partial charge in [-0.25, -0.2) is 0 Å². The Hall–Kier alpha value is -3.27. The Bertz CT molecular complexity index is 1090. The van der Waals surface area contributed by atoms with Gasteiger partial charge in [0.05, 0.1) is 5.56 Å². The van der Waals surface area contributed by atoms with E-state index in [1.54, 1.807) is 18.2 Å². The third kappa shape index (κ3) is 3.14. The van der Waals surface area contributed by atoms with Gasteiger partial charge in [0, 0.05) is 35.3 Å². The van der Waals surface area contributed by atoms with E-state index in [1.807, 2.05) is 25.1 Å². The summed E-state index contributed by atoms with van der Waals surface area (Å²) >= 11 is 0. The molecule has 2 heterocycles. The molecular formula is C23H21NO3. The number of para-hydroxylation sites is 1. The molecule has 0 unspecified atom stereocenters. The molecule has 4 heteroatoms. The number of benzene rings is 2. The van der Waals surface area contributed by atoms with E-state index in [-0.39, 0.29) is 5.78 Å². The first-order valence-corrected chi connectivity index (χ1v) is 9.00. The Morgan fingerprint density at radius 2 is 2.07 bits per heavy atom. The maximum Gasteiger partial charge on any atom is 0.231 e. The zero-order chi connectivity index (χ0) is 19.0. The van der Waals surface area contributed by atoms with Crippen LogP contribution in [0.3, 0.4) is 0 Å². The summed E-state index contributed by atoms with van der Waals surface area (Å²) in [6.07, 6.45) is 3.88. The Morgan fingerprint density at radius 3 is 2.85 bits per heavy atom. The molecule has 1 aliphatic heterocycles. The second-order valence-electron chi connectivity index (χ2n) is 6.73. The molecule has 0 bridgehead atoms. The van der Waals surface area contributed by atoms with Crippen LogP contribution in [0.5, 0.6) is 11.5 Å². The summed E-state index contributed by atoms with van der Waals surface area (Å²) in [5.41, 5.74) is 3.61. The summed E-state index contributed by atoms with van der Waals surface area (Å²) in [7, 11) is 0. The molecule has 0 spiro atoms. The fraction of sp³-hybridized carbons (Fsp3) is 0.174. The molecule has 1 aliphatic rings. The average molecular weight is 359 g/mol. The van der Waals surface area contributed by atoms with Crippen molar-refractivity contribution in [1.82, 2.24) is 4.57 Å². The number of carbonyl (C=O) groups excluding carboxylic acids is 1. The van der Waals surface area contributed by atoms with Gasteiger partial charge in [0.1, 0.15) is 18.1 Å².